The van der Waals surface area contributed by atoms with Gasteiger partial charge in [0.25, 0.3) is 0 Å². The Kier molecular flexibility index (Phi) is 7.83. The first kappa shape index (κ1) is 22.7. The van der Waals surface area contributed by atoms with Crippen LogP contribution in [0.1, 0.15) is 22.3 Å². The number of alkyl carbamates (subject to hydrolysis) is 1. The highest BCUT2D eigenvalue weighted by Crippen LogP contribution is 2.48. The second-order valence-electron chi connectivity index (χ2n) is 7.62. The van der Waals surface area contributed by atoms with Crippen LogP contribution in [0, 0.1) is 0 Å². The fourth-order valence-corrected chi connectivity index (χ4v) is 5.32. The molecular weight excluding hydrogens is 426 g/mol. The van der Waals surface area contributed by atoms with Crippen molar-refractivity contribution >= 4 is 17.9 Å². The third kappa shape index (κ3) is 5.65. The van der Waals surface area contributed by atoms with E-state index in [-0.39, 0.29) is 11.4 Å². The average Bonchev–Trinajstić information content (AvgIpc) is 2.90. The second-order valence-corrected chi connectivity index (χ2v) is 8.93. The summed E-state index contributed by atoms with van der Waals surface area (Å²) in [6.07, 6.45) is -0.399. The van der Waals surface area contributed by atoms with Gasteiger partial charge in [0.15, 0.2) is 0 Å². The number of benzene rings is 4. The average molecular weight is 454 g/mol. The Hall–Kier alpha value is -3.50. The zero-order valence-corrected chi connectivity index (χ0v) is 19.2. The molecule has 166 valence electrons. The first-order valence-corrected chi connectivity index (χ1v) is 12.0. The lowest BCUT2D eigenvalue weighted by atomic mass is 9.84. The van der Waals surface area contributed by atoms with Crippen LogP contribution in [0.2, 0.25) is 0 Å². The van der Waals surface area contributed by atoms with Gasteiger partial charge in [-0.3, -0.25) is 0 Å². The van der Waals surface area contributed by atoms with E-state index in [0.29, 0.717) is 6.54 Å². The van der Waals surface area contributed by atoms with Crippen molar-refractivity contribution in [2.24, 2.45) is 0 Å². The molecule has 1 amide bonds. The Bertz CT molecular complexity index is 1020. The van der Waals surface area contributed by atoms with Crippen LogP contribution >= 0.6 is 11.8 Å². The predicted octanol–water partition coefficient (Wildman–Crippen LogP) is 6.64. The predicted molar refractivity (Wildman–Crippen MR) is 136 cm³/mol. The number of amides is 1. The fourth-order valence-electron chi connectivity index (χ4n) is 3.90. The lowest BCUT2D eigenvalue weighted by Gasteiger charge is -2.35. The Labute approximate surface area is 199 Å². The van der Waals surface area contributed by atoms with Crippen LogP contribution in [0.4, 0.5) is 4.79 Å². The highest BCUT2D eigenvalue weighted by molar-refractivity contribution is 8.00. The van der Waals surface area contributed by atoms with Crippen LogP contribution < -0.4 is 5.32 Å². The van der Waals surface area contributed by atoms with Crippen molar-refractivity contribution in [2.45, 2.75) is 11.4 Å². The van der Waals surface area contributed by atoms with Crippen molar-refractivity contribution in [2.75, 3.05) is 12.3 Å². The summed E-state index contributed by atoms with van der Waals surface area (Å²) in [5.74, 6) is 0.721. The van der Waals surface area contributed by atoms with Crippen molar-refractivity contribution in [3.63, 3.8) is 0 Å². The monoisotopic (exact) mass is 453 g/mol. The third-order valence-electron chi connectivity index (χ3n) is 5.44. The molecule has 0 aliphatic carbocycles. The zero-order valence-electron chi connectivity index (χ0n) is 18.4. The molecule has 0 heterocycles. The molecular formula is C29H27NO2S. The van der Waals surface area contributed by atoms with Gasteiger partial charge in [-0.25, -0.2) is 4.79 Å². The van der Waals surface area contributed by atoms with Crippen LogP contribution in [0.5, 0.6) is 0 Å². The normalized spacial score (nSPS) is 11.0. The van der Waals surface area contributed by atoms with Crippen LogP contribution in [0.15, 0.2) is 121 Å². The Morgan fingerprint density at radius 3 is 1.55 bits per heavy atom. The van der Waals surface area contributed by atoms with Gasteiger partial charge in [-0.2, -0.15) is 0 Å². The molecule has 0 saturated heterocycles. The van der Waals surface area contributed by atoms with Gasteiger partial charge in [-0.1, -0.05) is 121 Å². The van der Waals surface area contributed by atoms with E-state index in [4.69, 9.17) is 4.74 Å². The standard InChI is InChI=1S/C29H27NO2S/c31-28(32-23-24-13-5-1-6-14-24)30-21-22-33-29(25-15-7-2-8-16-25,26-17-9-3-10-18-26)27-19-11-4-12-20-27/h1-20H,21-23H2,(H,30,31). The number of hydrogen-bond donors (Lipinski definition) is 1. The SMILES string of the molecule is O=C(NCCSC(c1ccccc1)(c1ccccc1)c1ccccc1)OCc1ccccc1. The molecule has 0 aliphatic rings. The summed E-state index contributed by atoms with van der Waals surface area (Å²) >= 11 is 1.81. The van der Waals surface area contributed by atoms with Gasteiger partial charge in [0.1, 0.15) is 6.61 Å². The van der Waals surface area contributed by atoms with E-state index in [1.54, 1.807) is 0 Å². The molecule has 0 saturated carbocycles. The van der Waals surface area contributed by atoms with Gasteiger partial charge in [-0.15, -0.1) is 11.8 Å². The number of nitrogens with one attached hydrogen (secondary N) is 1. The summed E-state index contributed by atoms with van der Waals surface area (Å²) in [4.78, 5) is 12.2. The maximum absolute atomic E-state index is 12.2. The van der Waals surface area contributed by atoms with Crippen LogP contribution in [0.3, 0.4) is 0 Å². The number of ether oxygens (including phenoxy) is 1. The minimum Gasteiger partial charge on any atom is -0.445 e. The summed E-state index contributed by atoms with van der Waals surface area (Å²) in [5, 5.41) is 2.90. The van der Waals surface area contributed by atoms with Crippen LogP contribution in [-0.2, 0) is 16.1 Å². The lowest BCUT2D eigenvalue weighted by molar-refractivity contribution is 0.140. The molecule has 4 rings (SSSR count). The van der Waals surface area contributed by atoms with Gasteiger partial charge in [-0.05, 0) is 22.3 Å². The molecule has 0 unspecified atom stereocenters. The number of rotatable bonds is 9. The van der Waals surface area contributed by atoms with E-state index in [0.717, 1.165) is 11.3 Å². The summed E-state index contributed by atoms with van der Waals surface area (Å²) in [6.45, 7) is 0.772. The quantitative estimate of drug-likeness (QED) is 0.228. The van der Waals surface area contributed by atoms with Crippen LogP contribution in [-0.4, -0.2) is 18.4 Å². The minimum absolute atomic E-state index is 0.266. The molecule has 0 atom stereocenters. The van der Waals surface area contributed by atoms with Crippen molar-refractivity contribution in [3.05, 3.63) is 144 Å². The second kappa shape index (κ2) is 11.4. The summed E-state index contributed by atoms with van der Waals surface area (Å²) < 4.78 is 4.97. The van der Waals surface area contributed by atoms with E-state index >= 15 is 0 Å². The molecule has 0 radical (unpaired) electrons. The van der Waals surface area contributed by atoms with Crippen molar-refractivity contribution in [3.8, 4) is 0 Å². The molecule has 4 heteroatoms. The zero-order chi connectivity index (χ0) is 22.8. The molecule has 0 fully saturated rings. The first-order chi connectivity index (χ1) is 16.3. The van der Waals surface area contributed by atoms with E-state index in [2.05, 4.69) is 78.1 Å². The first-order valence-electron chi connectivity index (χ1n) is 11.0. The van der Waals surface area contributed by atoms with Crippen molar-refractivity contribution in [1.29, 1.82) is 0 Å². The number of hydrogen-bond acceptors (Lipinski definition) is 3. The Balaban J connectivity index is 1.50. The maximum atomic E-state index is 12.2. The summed E-state index contributed by atoms with van der Waals surface area (Å²) in [6, 6.07) is 41.3. The Morgan fingerprint density at radius 2 is 1.09 bits per heavy atom. The largest absolute Gasteiger partial charge is 0.445 e. The molecule has 0 aliphatic heterocycles. The van der Waals surface area contributed by atoms with E-state index in [9.17, 15) is 4.79 Å². The Morgan fingerprint density at radius 1 is 0.667 bits per heavy atom. The van der Waals surface area contributed by atoms with Crippen molar-refractivity contribution < 1.29 is 9.53 Å². The topological polar surface area (TPSA) is 38.3 Å². The van der Waals surface area contributed by atoms with Crippen molar-refractivity contribution in [1.82, 2.24) is 5.32 Å². The molecule has 1 N–H and O–H groups in total. The number of carbonyl (C=O) groups excluding carboxylic acids is 1. The molecule has 4 aromatic rings. The van der Waals surface area contributed by atoms with Gasteiger partial charge in [0.2, 0.25) is 0 Å². The van der Waals surface area contributed by atoms with E-state index in [1.807, 2.05) is 60.3 Å². The van der Waals surface area contributed by atoms with Gasteiger partial charge in [0, 0.05) is 12.3 Å². The smallest absolute Gasteiger partial charge is 0.407 e. The van der Waals surface area contributed by atoms with Gasteiger partial charge in [0.05, 0.1) is 4.75 Å². The third-order valence-corrected chi connectivity index (χ3v) is 6.99. The minimum atomic E-state index is -0.399. The molecule has 3 nitrogen and oxygen atoms in total. The summed E-state index contributed by atoms with van der Waals surface area (Å²) in [5.41, 5.74) is 4.59. The van der Waals surface area contributed by atoms with Crippen LogP contribution in [0.25, 0.3) is 0 Å². The molecule has 0 spiro atoms. The highest BCUT2D eigenvalue weighted by Gasteiger charge is 2.36. The summed E-state index contributed by atoms with van der Waals surface area (Å²) in [7, 11) is 0. The number of carbonyl (C=O) groups is 1. The molecule has 33 heavy (non-hydrogen) atoms. The maximum Gasteiger partial charge on any atom is 0.407 e. The molecule has 0 aromatic heterocycles. The highest BCUT2D eigenvalue weighted by atomic mass is 32.2. The lowest BCUT2D eigenvalue weighted by Crippen LogP contribution is -2.30. The number of thioether (sulfide) groups is 1. The van der Waals surface area contributed by atoms with Gasteiger partial charge < -0.3 is 10.1 Å². The molecule has 0 bridgehead atoms. The van der Waals surface area contributed by atoms with Gasteiger partial charge >= 0.3 is 6.09 Å². The molecule has 4 aromatic carbocycles. The van der Waals surface area contributed by atoms with E-state index < -0.39 is 6.09 Å². The van der Waals surface area contributed by atoms with E-state index in [1.165, 1.54) is 16.7 Å². The fraction of sp³-hybridized carbons (Fsp3) is 0.138.